The molecule has 1 aromatic carbocycles. The van der Waals surface area contributed by atoms with E-state index in [4.69, 9.17) is 9.47 Å². The molecule has 0 aliphatic carbocycles. The molecule has 138 valence electrons. The molecule has 1 fully saturated rings. The number of anilines is 1. The van der Waals surface area contributed by atoms with E-state index in [1.807, 2.05) is 0 Å². The van der Waals surface area contributed by atoms with Crippen molar-refractivity contribution in [3.05, 3.63) is 24.3 Å². The zero-order valence-corrected chi connectivity index (χ0v) is 14.9. The first-order chi connectivity index (χ1) is 12.1. The molecule has 2 rings (SSSR count). The SMILES string of the molecule is CCCCCC[C@@H]1COC(=O)[C@@]1(Nc1ccccc1O)C(=O)OCC. The van der Waals surface area contributed by atoms with Crippen molar-refractivity contribution in [2.45, 2.75) is 51.5 Å². The van der Waals surface area contributed by atoms with Crippen molar-refractivity contribution in [3.8, 4) is 5.75 Å². The molecule has 0 unspecified atom stereocenters. The number of benzene rings is 1. The van der Waals surface area contributed by atoms with Crippen LogP contribution in [0.15, 0.2) is 24.3 Å². The average molecular weight is 349 g/mol. The molecule has 1 aromatic rings. The molecular weight excluding hydrogens is 322 g/mol. The van der Waals surface area contributed by atoms with Gasteiger partial charge in [-0.3, -0.25) is 0 Å². The van der Waals surface area contributed by atoms with Crippen molar-refractivity contribution in [2.75, 3.05) is 18.5 Å². The van der Waals surface area contributed by atoms with Crippen LogP contribution in [0.4, 0.5) is 5.69 Å². The molecule has 0 aromatic heterocycles. The minimum atomic E-state index is -1.61. The number of aromatic hydroxyl groups is 1. The fraction of sp³-hybridized carbons (Fsp3) is 0.579. The lowest BCUT2D eigenvalue weighted by Crippen LogP contribution is -2.56. The average Bonchev–Trinajstić information content (AvgIpc) is 2.91. The molecule has 6 nitrogen and oxygen atoms in total. The molecule has 1 aliphatic rings. The third-order valence-corrected chi connectivity index (χ3v) is 4.59. The number of carbonyl (C=O) groups excluding carboxylic acids is 2. The molecule has 0 spiro atoms. The van der Waals surface area contributed by atoms with Crippen LogP contribution >= 0.6 is 0 Å². The summed E-state index contributed by atoms with van der Waals surface area (Å²) < 4.78 is 10.4. The molecule has 25 heavy (non-hydrogen) atoms. The molecule has 0 radical (unpaired) electrons. The second-order valence-electron chi connectivity index (χ2n) is 6.32. The van der Waals surface area contributed by atoms with E-state index in [0.717, 1.165) is 25.7 Å². The first-order valence-corrected chi connectivity index (χ1v) is 8.96. The number of carbonyl (C=O) groups is 2. The third kappa shape index (κ3) is 4.06. The number of hydrogen-bond acceptors (Lipinski definition) is 6. The van der Waals surface area contributed by atoms with Gasteiger partial charge < -0.3 is 19.9 Å². The van der Waals surface area contributed by atoms with Crippen LogP contribution in [0, 0.1) is 5.92 Å². The normalized spacial score (nSPS) is 22.5. The standard InChI is InChI=1S/C19H27NO5/c1-3-5-6-7-10-14-13-25-18(23)19(14,17(22)24-4-2)20-15-11-8-9-12-16(15)21/h8-9,11-12,14,20-21H,3-7,10,13H2,1-2H3/t14-,19+/m1/s1. The van der Waals surface area contributed by atoms with Crippen LogP contribution < -0.4 is 5.32 Å². The van der Waals surface area contributed by atoms with Crippen molar-refractivity contribution >= 4 is 17.6 Å². The van der Waals surface area contributed by atoms with Gasteiger partial charge in [-0.25, -0.2) is 9.59 Å². The third-order valence-electron chi connectivity index (χ3n) is 4.59. The second-order valence-corrected chi connectivity index (χ2v) is 6.32. The van der Waals surface area contributed by atoms with Crippen molar-refractivity contribution in [1.82, 2.24) is 0 Å². The summed E-state index contributed by atoms with van der Waals surface area (Å²) in [6.07, 6.45) is 4.83. The molecule has 0 saturated carbocycles. The highest BCUT2D eigenvalue weighted by Crippen LogP contribution is 2.38. The van der Waals surface area contributed by atoms with Crippen molar-refractivity contribution in [1.29, 1.82) is 0 Å². The number of nitrogens with one attached hydrogen (secondary N) is 1. The maximum Gasteiger partial charge on any atom is 0.344 e. The number of esters is 2. The summed E-state index contributed by atoms with van der Waals surface area (Å²) in [6.45, 7) is 4.16. The highest BCUT2D eigenvalue weighted by Gasteiger charge is 2.59. The van der Waals surface area contributed by atoms with E-state index in [9.17, 15) is 14.7 Å². The first kappa shape index (κ1) is 19.1. The Morgan fingerprint density at radius 1 is 1.32 bits per heavy atom. The highest BCUT2D eigenvalue weighted by atomic mass is 16.6. The number of hydrogen-bond donors (Lipinski definition) is 2. The largest absolute Gasteiger partial charge is 0.506 e. The van der Waals surface area contributed by atoms with Gasteiger partial charge in [0.15, 0.2) is 0 Å². The van der Waals surface area contributed by atoms with Crippen LogP contribution in [-0.4, -0.2) is 35.8 Å². The quantitative estimate of drug-likeness (QED) is 0.308. The topological polar surface area (TPSA) is 84.9 Å². The van der Waals surface area contributed by atoms with Crippen molar-refractivity contribution in [3.63, 3.8) is 0 Å². The first-order valence-electron chi connectivity index (χ1n) is 8.96. The molecule has 2 atom stereocenters. The van der Waals surface area contributed by atoms with Crippen LogP contribution in [0.2, 0.25) is 0 Å². The zero-order valence-electron chi connectivity index (χ0n) is 14.9. The minimum absolute atomic E-state index is 0.0318. The smallest absolute Gasteiger partial charge is 0.344 e. The predicted octanol–water partition coefficient (Wildman–Crippen LogP) is 3.25. The van der Waals surface area contributed by atoms with Gasteiger partial charge in [-0.05, 0) is 25.5 Å². The summed E-state index contributed by atoms with van der Waals surface area (Å²) in [5.41, 5.74) is -1.30. The zero-order chi connectivity index (χ0) is 18.3. The lowest BCUT2D eigenvalue weighted by Gasteiger charge is -2.30. The van der Waals surface area contributed by atoms with Gasteiger partial charge in [-0.15, -0.1) is 0 Å². The summed E-state index contributed by atoms with van der Waals surface area (Å²) >= 11 is 0. The van der Waals surface area contributed by atoms with Gasteiger partial charge in [0.25, 0.3) is 0 Å². The van der Waals surface area contributed by atoms with Crippen LogP contribution in [0.1, 0.15) is 46.0 Å². The summed E-state index contributed by atoms with van der Waals surface area (Å²) in [5.74, 6) is -1.66. The van der Waals surface area contributed by atoms with Crippen LogP contribution in [-0.2, 0) is 19.1 Å². The van der Waals surface area contributed by atoms with E-state index < -0.39 is 17.5 Å². The maximum absolute atomic E-state index is 12.7. The fourth-order valence-electron chi connectivity index (χ4n) is 3.19. The van der Waals surface area contributed by atoms with Gasteiger partial charge in [-0.2, -0.15) is 0 Å². The van der Waals surface area contributed by atoms with Crippen molar-refractivity contribution < 1.29 is 24.2 Å². The van der Waals surface area contributed by atoms with Crippen molar-refractivity contribution in [2.24, 2.45) is 5.92 Å². The molecule has 6 heteroatoms. The van der Waals surface area contributed by atoms with Crippen LogP contribution in [0.3, 0.4) is 0 Å². The monoisotopic (exact) mass is 349 g/mol. The van der Waals surface area contributed by atoms with E-state index in [0.29, 0.717) is 12.1 Å². The predicted molar refractivity (Wildman–Crippen MR) is 94.3 cm³/mol. The van der Waals surface area contributed by atoms with Gasteiger partial charge >= 0.3 is 11.9 Å². The van der Waals surface area contributed by atoms with Gasteiger partial charge in [0, 0.05) is 5.92 Å². The Kier molecular flexibility index (Phi) is 6.67. The Hall–Kier alpha value is -2.24. The lowest BCUT2D eigenvalue weighted by atomic mass is 9.82. The van der Waals surface area contributed by atoms with E-state index in [1.165, 1.54) is 6.07 Å². The summed E-state index contributed by atoms with van der Waals surface area (Å²) in [5, 5.41) is 13.0. The van der Waals surface area contributed by atoms with Crippen LogP contribution in [0.25, 0.3) is 0 Å². The van der Waals surface area contributed by atoms with Gasteiger partial charge in [0.1, 0.15) is 5.75 Å². The Bertz CT molecular complexity index is 603. The maximum atomic E-state index is 12.7. The van der Waals surface area contributed by atoms with E-state index in [-0.39, 0.29) is 24.9 Å². The molecular formula is C19H27NO5. The fourth-order valence-corrected chi connectivity index (χ4v) is 3.19. The number of para-hydroxylation sites is 2. The van der Waals surface area contributed by atoms with Gasteiger partial charge in [0.2, 0.25) is 5.54 Å². The number of phenols is 1. The lowest BCUT2D eigenvalue weighted by molar-refractivity contribution is -0.157. The van der Waals surface area contributed by atoms with Gasteiger partial charge in [-0.1, -0.05) is 44.7 Å². The Labute approximate surface area is 148 Å². The number of ether oxygens (including phenoxy) is 2. The molecule has 1 aliphatic heterocycles. The van der Waals surface area contributed by atoms with Gasteiger partial charge in [0.05, 0.1) is 18.9 Å². The molecule has 0 amide bonds. The highest BCUT2D eigenvalue weighted by molar-refractivity contribution is 6.09. The molecule has 1 heterocycles. The summed E-state index contributed by atoms with van der Waals surface area (Å²) in [7, 11) is 0. The summed E-state index contributed by atoms with van der Waals surface area (Å²) in [4.78, 5) is 25.3. The Morgan fingerprint density at radius 3 is 2.76 bits per heavy atom. The Morgan fingerprint density at radius 2 is 2.08 bits per heavy atom. The molecule has 1 saturated heterocycles. The number of cyclic esters (lactones) is 1. The minimum Gasteiger partial charge on any atom is -0.506 e. The Balaban J connectivity index is 2.29. The number of phenolic OH excluding ortho intramolecular Hbond substituents is 1. The second kappa shape index (κ2) is 8.74. The van der Waals surface area contributed by atoms with E-state index >= 15 is 0 Å². The molecule has 2 N–H and O–H groups in total. The van der Waals surface area contributed by atoms with E-state index in [1.54, 1.807) is 25.1 Å². The van der Waals surface area contributed by atoms with Crippen LogP contribution in [0.5, 0.6) is 5.75 Å². The number of rotatable bonds is 9. The molecule has 0 bridgehead atoms. The summed E-state index contributed by atoms with van der Waals surface area (Å²) in [6, 6.07) is 6.51. The number of unbranched alkanes of at least 4 members (excludes halogenated alkanes) is 3. The van der Waals surface area contributed by atoms with E-state index in [2.05, 4.69) is 12.2 Å².